The first kappa shape index (κ1) is 11.3. The molecule has 2 aromatic rings. The Bertz CT molecular complexity index is 572. The van der Waals surface area contributed by atoms with Crippen molar-refractivity contribution in [1.29, 1.82) is 0 Å². The quantitative estimate of drug-likeness (QED) is 0.874. The van der Waals surface area contributed by atoms with E-state index in [0.29, 0.717) is 6.07 Å². The van der Waals surface area contributed by atoms with Gasteiger partial charge in [-0.15, -0.1) is 0 Å². The number of hydrogen-bond acceptors (Lipinski definition) is 3. The summed E-state index contributed by atoms with van der Waals surface area (Å²) in [5.74, 6) is -3.32. The molecule has 0 aliphatic heterocycles. The largest absolute Gasteiger partial charge is 0.475 e. The highest BCUT2D eigenvalue weighted by atomic mass is 19.1. The normalized spacial score (nSPS) is 10.5. The second-order valence-corrected chi connectivity index (χ2v) is 3.40. The first-order chi connectivity index (χ1) is 7.97. The van der Waals surface area contributed by atoms with Crippen molar-refractivity contribution in [3.63, 3.8) is 0 Å². The summed E-state index contributed by atoms with van der Waals surface area (Å²) in [5, 5.41) is 8.75. The van der Waals surface area contributed by atoms with Gasteiger partial charge in [-0.05, 0) is 19.1 Å². The van der Waals surface area contributed by atoms with Crippen LogP contribution in [0, 0.1) is 18.6 Å². The Labute approximate surface area is 94.5 Å². The van der Waals surface area contributed by atoms with E-state index >= 15 is 0 Å². The Morgan fingerprint density at radius 2 is 1.88 bits per heavy atom. The van der Waals surface area contributed by atoms with Gasteiger partial charge in [0, 0.05) is 11.6 Å². The lowest BCUT2D eigenvalue weighted by atomic mass is 10.2. The molecule has 0 unspecified atom stereocenters. The number of rotatable bonds is 2. The monoisotopic (exact) mass is 239 g/mol. The van der Waals surface area contributed by atoms with Gasteiger partial charge in [-0.1, -0.05) is 0 Å². The van der Waals surface area contributed by atoms with Gasteiger partial charge >= 0.3 is 5.97 Å². The first-order valence-corrected chi connectivity index (χ1v) is 4.64. The van der Waals surface area contributed by atoms with Crippen LogP contribution in [0.3, 0.4) is 0 Å². The van der Waals surface area contributed by atoms with Crippen molar-refractivity contribution >= 4 is 5.97 Å². The number of oxazole rings is 1. The molecule has 0 saturated heterocycles. The zero-order valence-electron chi connectivity index (χ0n) is 8.70. The molecule has 6 heteroatoms. The first-order valence-electron chi connectivity index (χ1n) is 4.64. The van der Waals surface area contributed by atoms with Gasteiger partial charge in [-0.3, -0.25) is 0 Å². The molecule has 0 atom stereocenters. The predicted octanol–water partition coefficient (Wildman–Crippen LogP) is 2.63. The van der Waals surface area contributed by atoms with Crippen molar-refractivity contribution in [2.45, 2.75) is 6.92 Å². The molecule has 0 aliphatic rings. The van der Waals surface area contributed by atoms with Crippen LogP contribution >= 0.6 is 0 Å². The Morgan fingerprint density at radius 1 is 1.29 bits per heavy atom. The summed E-state index contributed by atoms with van der Waals surface area (Å²) in [5.41, 5.74) is 0.204. The summed E-state index contributed by atoms with van der Waals surface area (Å²) in [4.78, 5) is 14.5. The van der Waals surface area contributed by atoms with Gasteiger partial charge in [0.15, 0.2) is 0 Å². The summed E-state index contributed by atoms with van der Waals surface area (Å²) >= 11 is 0. The van der Waals surface area contributed by atoms with E-state index < -0.39 is 17.6 Å². The maximum Gasteiger partial charge on any atom is 0.373 e. The van der Waals surface area contributed by atoms with E-state index in [1.807, 2.05) is 0 Å². The molecule has 1 heterocycles. The standard InChI is InChI=1S/C11H7F2NO3/c1-5-9(11(15)16)17-10(14-5)6-2-7(12)4-8(13)3-6/h2-4H,1H3,(H,15,16). The molecular weight excluding hydrogens is 232 g/mol. The molecule has 0 amide bonds. The van der Waals surface area contributed by atoms with E-state index in [4.69, 9.17) is 9.52 Å². The van der Waals surface area contributed by atoms with E-state index in [9.17, 15) is 13.6 Å². The van der Waals surface area contributed by atoms with Crippen molar-refractivity contribution in [3.8, 4) is 11.5 Å². The smallest absolute Gasteiger partial charge is 0.373 e. The predicted molar refractivity (Wildman–Crippen MR) is 53.6 cm³/mol. The number of nitrogens with zero attached hydrogens (tertiary/aromatic N) is 1. The highest BCUT2D eigenvalue weighted by Crippen LogP contribution is 2.23. The highest BCUT2D eigenvalue weighted by Gasteiger charge is 2.17. The molecule has 17 heavy (non-hydrogen) atoms. The molecule has 0 saturated carbocycles. The van der Waals surface area contributed by atoms with Crippen molar-refractivity contribution < 1.29 is 23.1 Å². The van der Waals surface area contributed by atoms with Crippen molar-refractivity contribution in [2.75, 3.05) is 0 Å². The third-order valence-electron chi connectivity index (χ3n) is 2.10. The Morgan fingerprint density at radius 3 is 2.35 bits per heavy atom. The molecule has 2 rings (SSSR count). The van der Waals surface area contributed by atoms with E-state index in [2.05, 4.69) is 4.98 Å². The molecule has 0 radical (unpaired) electrons. The van der Waals surface area contributed by atoms with Crippen LogP contribution in [-0.4, -0.2) is 16.1 Å². The highest BCUT2D eigenvalue weighted by molar-refractivity contribution is 5.86. The van der Waals surface area contributed by atoms with Gasteiger partial charge in [-0.25, -0.2) is 18.6 Å². The fourth-order valence-electron chi connectivity index (χ4n) is 1.40. The van der Waals surface area contributed by atoms with E-state index in [1.54, 1.807) is 0 Å². The zero-order valence-corrected chi connectivity index (χ0v) is 8.70. The topological polar surface area (TPSA) is 63.3 Å². The van der Waals surface area contributed by atoms with Crippen molar-refractivity contribution in [2.24, 2.45) is 0 Å². The van der Waals surface area contributed by atoms with Crippen LogP contribution in [-0.2, 0) is 0 Å². The lowest BCUT2D eigenvalue weighted by Crippen LogP contribution is -1.95. The number of benzene rings is 1. The fourth-order valence-corrected chi connectivity index (χ4v) is 1.40. The van der Waals surface area contributed by atoms with Crippen molar-refractivity contribution in [3.05, 3.63) is 41.3 Å². The fraction of sp³-hybridized carbons (Fsp3) is 0.0909. The van der Waals surface area contributed by atoms with E-state index in [-0.39, 0.29) is 22.9 Å². The molecule has 1 aromatic heterocycles. The van der Waals surface area contributed by atoms with E-state index in [0.717, 1.165) is 12.1 Å². The minimum absolute atomic E-state index is 0.0538. The Hall–Kier alpha value is -2.24. The van der Waals surface area contributed by atoms with Crippen LogP contribution in [0.4, 0.5) is 8.78 Å². The maximum atomic E-state index is 13.0. The number of carbonyl (C=O) groups is 1. The van der Waals surface area contributed by atoms with Gasteiger partial charge in [0.05, 0.1) is 5.69 Å². The van der Waals surface area contributed by atoms with Gasteiger partial charge in [0.25, 0.3) is 0 Å². The Kier molecular flexibility index (Phi) is 2.63. The summed E-state index contributed by atoms with van der Waals surface area (Å²) in [6.07, 6.45) is 0. The molecule has 88 valence electrons. The number of halogens is 2. The van der Waals surface area contributed by atoms with E-state index in [1.165, 1.54) is 6.92 Å². The van der Waals surface area contributed by atoms with Gasteiger partial charge < -0.3 is 9.52 Å². The van der Waals surface area contributed by atoms with Crippen LogP contribution in [0.2, 0.25) is 0 Å². The number of aromatic nitrogens is 1. The number of hydrogen-bond donors (Lipinski definition) is 1. The Balaban J connectivity index is 2.53. The van der Waals surface area contributed by atoms with Gasteiger partial charge in [0.1, 0.15) is 11.6 Å². The van der Waals surface area contributed by atoms with Crippen molar-refractivity contribution in [1.82, 2.24) is 4.98 Å². The zero-order chi connectivity index (χ0) is 12.6. The average Bonchev–Trinajstić information content (AvgIpc) is 2.59. The molecular formula is C11H7F2NO3. The van der Waals surface area contributed by atoms with Crippen LogP contribution in [0.25, 0.3) is 11.5 Å². The summed E-state index contributed by atoms with van der Waals surface area (Å²) in [7, 11) is 0. The number of aryl methyl sites for hydroxylation is 1. The molecule has 0 spiro atoms. The maximum absolute atomic E-state index is 13.0. The van der Waals surface area contributed by atoms with Crippen LogP contribution < -0.4 is 0 Å². The minimum Gasteiger partial charge on any atom is -0.475 e. The summed E-state index contributed by atoms with van der Waals surface area (Å²) in [6, 6.07) is 2.73. The molecule has 1 N–H and O–H groups in total. The summed E-state index contributed by atoms with van der Waals surface area (Å²) < 4.78 is 30.8. The number of carboxylic acids is 1. The van der Waals surface area contributed by atoms with Gasteiger partial charge in [-0.2, -0.15) is 0 Å². The number of carboxylic acid groups (broad SMARTS) is 1. The second kappa shape index (κ2) is 3.97. The molecule has 0 bridgehead atoms. The lowest BCUT2D eigenvalue weighted by Gasteiger charge is -1.96. The van der Waals surface area contributed by atoms with Gasteiger partial charge in [0.2, 0.25) is 11.7 Å². The van der Waals surface area contributed by atoms with Crippen LogP contribution in [0.15, 0.2) is 22.6 Å². The number of aromatic carboxylic acids is 1. The molecule has 1 aromatic carbocycles. The SMILES string of the molecule is Cc1nc(-c2cc(F)cc(F)c2)oc1C(=O)O. The lowest BCUT2D eigenvalue weighted by molar-refractivity contribution is 0.0662. The minimum atomic E-state index is -1.28. The molecule has 4 nitrogen and oxygen atoms in total. The third-order valence-corrected chi connectivity index (χ3v) is 2.10. The summed E-state index contributed by atoms with van der Waals surface area (Å²) in [6.45, 7) is 1.44. The van der Waals surface area contributed by atoms with Crippen LogP contribution in [0.1, 0.15) is 16.2 Å². The molecule has 0 aliphatic carbocycles. The average molecular weight is 239 g/mol. The molecule has 0 fully saturated rings. The second-order valence-electron chi connectivity index (χ2n) is 3.40. The third kappa shape index (κ3) is 2.15. The van der Waals surface area contributed by atoms with Crippen LogP contribution in [0.5, 0.6) is 0 Å².